The SMILES string of the molecule is COc1ccccc1-c1c(C)oc2c(CN3CCCC[C@@H]3C)c(O)ccc2c1=O. The minimum absolute atomic E-state index is 0.110. The van der Waals surface area contributed by atoms with Gasteiger partial charge in [-0.3, -0.25) is 9.69 Å². The zero-order chi connectivity index (χ0) is 20.5. The van der Waals surface area contributed by atoms with Crippen LogP contribution in [0.4, 0.5) is 0 Å². The van der Waals surface area contributed by atoms with E-state index in [2.05, 4.69) is 11.8 Å². The van der Waals surface area contributed by atoms with Gasteiger partial charge in [-0.1, -0.05) is 24.6 Å². The van der Waals surface area contributed by atoms with E-state index < -0.39 is 0 Å². The summed E-state index contributed by atoms with van der Waals surface area (Å²) in [6, 6.07) is 11.1. The fourth-order valence-electron chi connectivity index (χ4n) is 4.32. The molecule has 5 nitrogen and oxygen atoms in total. The summed E-state index contributed by atoms with van der Waals surface area (Å²) in [7, 11) is 1.59. The largest absolute Gasteiger partial charge is 0.507 e. The predicted molar refractivity (Wildman–Crippen MR) is 115 cm³/mol. The Hall–Kier alpha value is -2.79. The van der Waals surface area contributed by atoms with Gasteiger partial charge in [-0.2, -0.15) is 0 Å². The van der Waals surface area contributed by atoms with Crippen LogP contribution in [0, 0.1) is 6.92 Å². The Labute approximate surface area is 170 Å². The van der Waals surface area contributed by atoms with Gasteiger partial charge in [-0.25, -0.2) is 0 Å². The molecule has 1 N–H and O–H groups in total. The second kappa shape index (κ2) is 7.91. The van der Waals surface area contributed by atoms with Gasteiger partial charge in [0.2, 0.25) is 5.43 Å². The molecule has 0 aliphatic carbocycles. The Balaban J connectivity index is 1.88. The maximum Gasteiger partial charge on any atom is 0.200 e. The Bertz CT molecular complexity index is 1100. The quantitative estimate of drug-likeness (QED) is 0.686. The van der Waals surface area contributed by atoms with Crippen LogP contribution >= 0.6 is 0 Å². The lowest BCUT2D eigenvalue weighted by molar-refractivity contribution is 0.151. The topological polar surface area (TPSA) is 62.9 Å². The molecule has 0 radical (unpaired) electrons. The third kappa shape index (κ3) is 3.51. The molecule has 29 heavy (non-hydrogen) atoms. The van der Waals surface area contributed by atoms with Gasteiger partial charge in [0.15, 0.2) is 0 Å². The Kier molecular flexibility index (Phi) is 5.33. The van der Waals surface area contributed by atoms with E-state index in [1.807, 2.05) is 24.3 Å². The summed E-state index contributed by atoms with van der Waals surface area (Å²) in [6.45, 7) is 5.56. The van der Waals surface area contributed by atoms with Crippen LogP contribution < -0.4 is 10.2 Å². The first-order valence-corrected chi connectivity index (χ1v) is 10.2. The number of ether oxygens (including phenoxy) is 1. The number of para-hydroxylation sites is 1. The van der Waals surface area contributed by atoms with Crippen molar-refractivity contribution in [3.8, 4) is 22.6 Å². The third-order valence-electron chi connectivity index (χ3n) is 5.99. The number of piperidine rings is 1. The minimum atomic E-state index is -0.110. The highest BCUT2D eigenvalue weighted by molar-refractivity contribution is 5.87. The first kappa shape index (κ1) is 19.5. The molecule has 0 saturated carbocycles. The lowest BCUT2D eigenvalue weighted by Gasteiger charge is -2.33. The molecular formula is C24H27NO4. The summed E-state index contributed by atoms with van der Waals surface area (Å²) in [5.41, 5.74) is 2.26. The fourth-order valence-corrected chi connectivity index (χ4v) is 4.32. The molecule has 1 atom stereocenters. The highest BCUT2D eigenvalue weighted by Gasteiger charge is 2.24. The normalized spacial score (nSPS) is 17.6. The van der Waals surface area contributed by atoms with Gasteiger partial charge in [-0.15, -0.1) is 0 Å². The van der Waals surface area contributed by atoms with E-state index in [9.17, 15) is 9.90 Å². The number of phenols is 1. The van der Waals surface area contributed by atoms with E-state index in [4.69, 9.17) is 9.15 Å². The molecule has 5 heteroatoms. The number of hydrogen-bond donors (Lipinski definition) is 1. The van der Waals surface area contributed by atoms with E-state index in [0.717, 1.165) is 19.4 Å². The monoisotopic (exact) mass is 393 g/mol. The maximum atomic E-state index is 13.4. The molecule has 0 spiro atoms. The van der Waals surface area contributed by atoms with Gasteiger partial charge < -0.3 is 14.3 Å². The van der Waals surface area contributed by atoms with E-state index >= 15 is 0 Å². The molecule has 1 saturated heterocycles. The molecule has 152 valence electrons. The summed E-state index contributed by atoms with van der Waals surface area (Å²) >= 11 is 0. The van der Waals surface area contributed by atoms with Gasteiger partial charge >= 0.3 is 0 Å². The van der Waals surface area contributed by atoms with Crippen molar-refractivity contribution >= 4 is 11.0 Å². The van der Waals surface area contributed by atoms with Crippen LogP contribution in [0.3, 0.4) is 0 Å². The Morgan fingerprint density at radius 3 is 2.76 bits per heavy atom. The van der Waals surface area contributed by atoms with Gasteiger partial charge in [0.1, 0.15) is 22.8 Å². The Morgan fingerprint density at radius 2 is 2.00 bits per heavy atom. The van der Waals surface area contributed by atoms with E-state index in [-0.39, 0.29) is 11.2 Å². The van der Waals surface area contributed by atoms with Gasteiger partial charge in [0.25, 0.3) is 0 Å². The number of phenolic OH excluding ortho intramolecular Hbond substituents is 1. The number of likely N-dealkylation sites (tertiary alicyclic amines) is 1. The number of hydrogen-bond acceptors (Lipinski definition) is 5. The molecule has 2 aromatic carbocycles. The van der Waals surface area contributed by atoms with Crippen LogP contribution in [0.15, 0.2) is 45.6 Å². The van der Waals surface area contributed by atoms with Crippen molar-refractivity contribution in [1.82, 2.24) is 4.90 Å². The summed E-state index contributed by atoms with van der Waals surface area (Å²) in [5.74, 6) is 1.32. The molecule has 2 heterocycles. The zero-order valence-electron chi connectivity index (χ0n) is 17.2. The van der Waals surface area contributed by atoms with Crippen molar-refractivity contribution in [2.24, 2.45) is 0 Å². The summed E-state index contributed by atoms with van der Waals surface area (Å²) in [4.78, 5) is 15.8. The van der Waals surface area contributed by atoms with E-state index in [0.29, 0.717) is 51.8 Å². The van der Waals surface area contributed by atoms with Crippen LogP contribution in [-0.4, -0.2) is 29.7 Å². The van der Waals surface area contributed by atoms with Crippen molar-refractivity contribution in [3.63, 3.8) is 0 Å². The predicted octanol–water partition coefficient (Wildman–Crippen LogP) is 4.86. The van der Waals surface area contributed by atoms with E-state index in [1.165, 1.54) is 6.42 Å². The first-order valence-electron chi connectivity index (χ1n) is 10.2. The van der Waals surface area contributed by atoms with Crippen LogP contribution in [0.1, 0.15) is 37.5 Å². The molecule has 0 amide bonds. The van der Waals surface area contributed by atoms with Crippen LogP contribution in [-0.2, 0) is 6.54 Å². The average Bonchev–Trinajstić information content (AvgIpc) is 2.72. The third-order valence-corrected chi connectivity index (χ3v) is 5.99. The standard InChI is InChI=1S/C24H27NO4/c1-15-8-6-7-13-25(15)14-19-20(26)12-11-18-23(27)22(16(2)29-24(18)19)17-9-4-5-10-21(17)28-3/h4-5,9-12,15,26H,6-8,13-14H2,1-3H3/t15-/m0/s1. The number of aryl methyl sites for hydroxylation is 1. The number of benzene rings is 2. The van der Waals surface area contributed by atoms with Gasteiger partial charge in [0.05, 0.1) is 23.6 Å². The average molecular weight is 393 g/mol. The summed E-state index contributed by atoms with van der Waals surface area (Å²) in [6.07, 6.45) is 3.53. The highest BCUT2D eigenvalue weighted by Crippen LogP contribution is 2.35. The summed E-state index contributed by atoms with van der Waals surface area (Å²) in [5, 5.41) is 11.0. The second-order valence-electron chi connectivity index (χ2n) is 7.82. The van der Waals surface area contributed by atoms with Gasteiger partial charge in [-0.05, 0) is 51.4 Å². The first-order chi connectivity index (χ1) is 14.0. The maximum absolute atomic E-state index is 13.4. The zero-order valence-corrected chi connectivity index (χ0v) is 17.2. The molecule has 0 bridgehead atoms. The van der Waals surface area contributed by atoms with Crippen LogP contribution in [0.2, 0.25) is 0 Å². The van der Waals surface area contributed by atoms with Gasteiger partial charge in [0, 0.05) is 18.2 Å². The number of nitrogens with zero attached hydrogens (tertiary/aromatic N) is 1. The molecule has 1 aliphatic rings. The summed E-state index contributed by atoms with van der Waals surface area (Å²) < 4.78 is 11.6. The molecule has 4 rings (SSSR count). The molecular weight excluding hydrogens is 366 g/mol. The number of aromatic hydroxyl groups is 1. The lowest BCUT2D eigenvalue weighted by Crippen LogP contribution is -2.36. The molecule has 1 aromatic heterocycles. The van der Waals surface area contributed by atoms with E-state index in [1.54, 1.807) is 26.2 Å². The van der Waals surface area contributed by atoms with Crippen molar-refractivity contribution < 1.29 is 14.3 Å². The smallest absolute Gasteiger partial charge is 0.200 e. The van der Waals surface area contributed by atoms with Crippen LogP contribution in [0.25, 0.3) is 22.1 Å². The minimum Gasteiger partial charge on any atom is -0.507 e. The van der Waals surface area contributed by atoms with Crippen molar-refractivity contribution in [1.29, 1.82) is 0 Å². The Morgan fingerprint density at radius 1 is 1.21 bits per heavy atom. The number of methoxy groups -OCH3 is 1. The number of rotatable bonds is 4. The molecule has 1 fully saturated rings. The van der Waals surface area contributed by atoms with Crippen molar-refractivity contribution in [2.45, 2.75) is 45.7 Å². The van der Waals surface area contributed by atoms with Crippen molar-refractivity contribution in [3.05, 3.63) is 57.9 Å². The lowest BCUT2D eigenvalue weighted by atomic mass is 9.99. The van der Waals surface area contributed by atoms with Crippen molar-refractivity contribution in [2.75, 3.05) is 13.7 Å². The molecule has 3 aromatic rings. The van der Waals surface area contributed by atoms with Crippen LogP contribution in [0.5, 0.6) is 11.5 Å². The second-order valence-corrected chi connectivity index (χ2v) is 7.82. The fraction of sp³-hybridized carbons (Fsp3) is 0.375. The highest BCUT2D eigenvalue weighted by atomic mass is 16.5. The molecule has 0 unspecified atom stereocenters. The number of fused-ring (bicyclic) bond motifs is 1. The molecule has 1 aliphatic heterocycles.